The van der Waals surface area contributed by atoms with Gasteiger partial charge in [-0.2, -0.15) is 0 Å². The van der Waals surface area contributed by atoms with Gasteiger partial charge in [-0.25, -0.2) is 17.6 Å². The molecule has 10 heteroatoms. The molecule has 2 heterocycles. The normalized spacial score (nSPS) is 13.8. The number of anilines is 1. The lowest BCUT2D eigenvalue weighted by molar-refractivity contribution is -0.113. The summed E-state index contributed by atoms with van der Waals surface area (Å²) in [6.45, 7) is 2.08. The highest BCUT2D eigenvalue weighted by molar-refractivity contribution is 7.92. The summed E-state index contributed by atoms with van der Waals surface area (Å²) in [5.74, 6) is -2.77. The predicted molar refractivity (Wildman–Crippen MR) is 127 cm³/mol. The van der Waals surface area contributed by atoms with Crippen LogP contribution in [-0.2, 0) is 38.9 Å². The Morgan fingerprint density at radius 1 is 1.12 bits per heavy atom. The molecule has 0 unspecified atom stereocenters. The van der Waals surface area contributed by atoms with Gasteiger partial charge in [-0.1, -0.05) is 30.3 Å². The van der Waals surface area contributed by atoms with E-state index in [9.17, 15) is 22.4 Å². The minimum atomic E-state index is -3.98. The standard InChI is InChI=1S/C24H23FN2O5S2/c1-32-24(29)22-19-11-12-27(13-16-5-3-2-4-6-16)14-20(19)33-23(22)26-21(28)15-34(30,31)18-9-7-17(25)8-10-18/h2-10H,11-15H2,1H3,(H,26,28). The maximum absolute atomic E-state index is 13.1. The molecule has 0 spiro atoms. The molecule has 7 nitrogen and oxygen atoms in total. The zero-order valence-corrected chi connectivity index (χ0v) is 20.0. The fraction of sp³-hybridized carbons (Fsp3) is 0.250. The molecule has 178 valence electrons. The van der Waals surface area contributed by atoms with Crippen LogP contribution in [0.4, 0.5) is 9.39 Å². The van der Waals surface area contributed by atoms with E-state index in [1.807, 2.05) is 18.2 Å². The van der Waals surface area contributed by atoms with Crippen molar-refractivity contribution in [3.8, 4) is 0 Å². The molecule has 1 aliphatic rings. The fourth-order valence-electron chi connectivity index (χ4n) is 3.90. The van der Waals surface area contributed by atoms with Crippen LogP contribution >= 0.6 is 11.3 Å². The van der Waals surface area contributed by atoms with Crippen molar-refractivity contribution in [3.63, 3.8) is 0 Å². The van der Waals surface area contributed by atoms with Crippen molar-refractivity contribution in [2.45, 2.75) is 24.4 Å². The number of methoxy groups -OCH3 is 1. The topological polar surface area (TPSA) is 92.8 Å². The van der Waals surface area contributed by atoms with Gasteiger partial charge in [-0.3, -0.25) is 9.69 Å². The van der Waals surface area contributed by atoms with E-state index in [1.165, 1.54) is 24.0 Å². The molecule has 34 heavy (non-hydrogen) atoms. The number of ether oxygens (including phenoxy) is 1. The van der Waals surface area contributed by atoms with Crippen molar-refractivity contribution < 1.29 is 27.1 Å². The molecular weight excluding hydrogens is 479 g/mol. The molecule has 1 aliphatic heterocycles. The maximum atomic E-state index is 13.1. The first-order valence-corrected chi connectivity index (χ1v) is 13.0. The van der Waals surface area contributed by atoms with Crippen LogP contribution < -0.4 is 5.32 Å². The average Bonchev–Trinajstić information content (AvgIpc) is 3.16. The largest absolute Gasteiger partial charge is 0.465 e. The lowest BCUT2D eigenvalue weighted by atomic mass is 10.0. The SMILES string of the molecule is COC(=O)c1c(NC(=O)CS(=O)(=O)c2ccc(F)cc2)sc2c1CCN(Cc1ccccc1)C2. The van der Waals surface area contributed by atoms with Crippen LogP contribution in [0.5, 0.6) is 0 Å². The molecule has 1 amide bonds. The molecule has 2 aromatic carbocycles. The Balaban J connectivity index is 1.53. The van der Waals surface area contributed by atoms with Gasteiger partial charge in [0.05, 0.1) is 17.6 Å². The van der Waals surface area contributed by atoms with Crippen LogP contribution in [0.25, 0.3) is 0 Å². The van der Waals surface area contributed by atoms with Crippen LogP contribution in [-0.4, -0.2) is 44.6 Å². The van der Waals surface area contributed by atoms with E-state index in [4.69, 9.17) is 4.74 Å². The lowest BCUT2D eigenvalue weighted by Crippen LogP contribution is -2.29. The summed E-state index contributed by atoms with van der Waals surface area (Å²) >= 11 is 1.25. The molecule has 0 fully saturated rings. The minimum Gasteiger partial charge on any atom is -0.465 e. The third-order valence-electron chi connectivity index (χ3n) is 5.52. The first-order valence-electron chi connectivity index (χ1n) is 10.5. The second-order valence-electron chi connectivity index (χ2n) is 7.91. The van der Waals surface area contributed by atoms with E-state index < -0.39 is 33.3 Å². The summed E-state index contributed by atoms with van der Waals surface area (Å²) in [5.41, 5.74) is 2.27. The molecule has 4 rings (SSSR count). The van der Waals surface area contributed by atoms with Gasteiger partial charge in [0.25, 0.3) is 0 Å². The second kappa shape index (κ2) is 10.0. The number of halogens is 1. The smallest absolute Gasteiger partial charge is 0.341 e. The van der Waals surface area contributed by atoms with E-state index in [2.05, 4.69) is 22.3 Å². The van der Waals surface area contributed by atoms with Crippen LogP contribution in [0.3, 0.4) is 0 Å². The Labute approximate surface area is 201 Å². The number of fused-ring (bicyclic) bond motifs is 1. The highest BCUT2D eigenvalue weighted by Gasteiger charge is 2.30. The van der Waals surface area contributed by atoms with Crippen molar-refractivity contribution in [3.05, 3.63) is 82.0 Å². The summed E-state index contributed by atoms with van der Waals surface area (Å²) in [7, 11) is -2.71. The zero-order valence-electron chi connectivity index (χ0n) is 18.4. The number of rotatable bonds is 7. The number of amides is 1. The van der Waals surface area contributed by atoms with Gasteiger partial charge in [0.2, 0.25) is 5.91 Å². The number of esters is 1. The van der Waals surface area contributed by atoms with Crippen molar-refractivity contribution in [1.82, 2.24) is 4.90 Å². The van der Waals surface area contributed by atoms with Crippen LogP contribution in [0, 0.1) is 5.82 Å². The molecule has 1 N–H and O–H groups in total. The van der Waals surface area contributed by atoms with Crippen molar-refractivity contribution >= 4 is 38.1 Å². The lowest BCUT2D eigenvalue weighted by Gasteiger charge is -2.27. The molecular formula is C24H23FN2O5S2. The molecule has 0 bridgehead atoms. The number of hydrogen-bond acceptors (Lipinski definition) is 7. The highest BCUT2D eigenvalue weighted by atomic mass is 32.2. The van der Waals surface area contributed by atoms with Crippen LogP contribution in [0.1, 0.15) is 26.4 Å². The number of benzene rings is 2. The summed E-state index contributed by atoms with van der Waals surface area (Å²) in [6, 6.07) is 14.3. The highest BCUT2D eigenvalue weighted by Crippen LogP contribution is 2.38. The Morgan fingerprint density at radius 3 is 2.50 bits per heavy atom. The van der Waals surface area contributed by atoms with Gasteiger partial charge < -0.3 is 10.1 Å². The average molecular weight is 503 g/mol. The Morgan fingerprint density at radius 2 is 1.82 bits per heavy atom. The third kappa shape index (κ3) is 5.35. The van der Waals surface area contributed by atoms with E-state index in [0.717, 1.165) is 47.8 Å². The monoisotopic (exact) mass is 502 g/mol. The molecule has 0 atom stereocenters. The Bertz CT molecular complexity index is 1310. The van der Waals surface area contributed by atoms with E-state index >= 15 is 0 Å². The van der Waals surface area contributed by atoms with Gasteiger partial charge in [0.15, 0.2) is 9.84 Å². The summed E-state index contributed by atoms with van der Waals surface area (Å²) in [5, 5.41) is 2.87. The van der Waals surface area contributed by atoms with Crippen molar-refractivity contribution in [2.24, 2.45) is 0 Å². The van der Waals surface area contributed by atoms with Gasteiger partial charge in [-0.15, -0.1) is 11.3 Å². The van der Waals surface area contributed by atoms with Crippen molar-refractivity contribution in [2.75, 3.05) is 24.7 Å². The fourth-order valence-corrected chi connectivity index (χ4v) is 6.33. The number of carbonyl (C=O) groups is 2. The van der Waals surface area contributed by atoms with Gasteiger partial charge in [0.1, 0.15) is 16.6 Å². The van der Waals surface area contributed by atoms with Crippen molar-refractivity contribution in [1.29, 1.82) is 0 Å². The third-order valence-corrected chi connectivity index (χ3v) is 8.29. The zero-order chi connectivity index (χ0) is 24.3. The van der Waals surface area contributed by atoms with E-state index in [0.29, 0.717) is 13.0 Å². The number of sulfone groups is 1. The summed E-state index contributed by atoms with van der Waals surface area (Å²) in [6.07, 6.45) is 0.604. The number of hydrogen-bond donors (Lipinski definition) is 1. The van der Waals surface area contributed by atoms with Crippen LogP contribution in [0.15, 0.2) is 59.5 Å². The van der Waals surface area contributed by atoms with Gasteiger partial charge in [0, 0.05) is 24.5 Å². The minimum absolute atomic E-state index is 0.153. The first kappa shape index (κ1) is 24.1. The Hall–Kier alpha value is -3.08. The number of carbonyl (C=O) groups excluding carboxylic acids is 2. The second-order valence-corrected chi connectivity index (χ2v) is 11.0. The predicted octanol–water partition coefficient (Wildman–Crippen LogP) is 3.64. The molecule has 1 aromatic heterocycles. The van der Waals surface area contributed by atoms with Crippen LogP contribution in [0.2, 0.25) is 0 Å². The summed E-state index contributed by atoms with van der Waals surface area (Å²) in [4.78, 5) is 28.2. The molecule has 0 radical (unpaired) electrons. The summed E-state index contributed by atoms with van der Waals surface area (Å²) < 4.78 is 43.2. The van der Waals surface area contributed by atoms with E-state index in [-0.39, 0.29) is 15.5 Å². The number of thiophene rings is 1. The molecule has 3 aromatic rings. The maximum Gasteiger partial charge on any atom is 0.341 e. The molecule has 0 saturated heterocycles. The molecule has 0 saturated carbocycles. The molecule has 0 aliphatic carbocycles. The first-order chi connectivity index (χ1) is 16.3. The van der Waals surface area contributed by atoms with Gasteiger partial charge >= 0.3 is 5.97 Å². The quantitative estimate of drug-likeness (QED) is 0.392. The number of nitrogens with zero attached hydrogens (tertiary/aromatic N) is 1. The van der Waals surface area contributed by atoms with Gasteiger partial charge in [-0.05, 0) is 41.8 Å². The Kier molecular flexibility index (Phi) is 7.11. The number of nitrogens with one attached hydrogen (secondary N) is 1. The van der Waals surface area contributed by atoms with E-state index in [1.54, 1.807) is 0 Å².